The molecule has 102 valence electrons. The second-order valence-electron chi connectivity index (χ2n) is 4.21. The quantitative estimate of drug-likeness (QED) is 0.800. The standard InChI is InChI=1S/C14H22BrNO2/c1-4-16-12(7-8-17-2)9-11-5-6-14(18-3)13(15)10-11/h5-6,10,12,16H,4,7-9H2,1-3H3. The minimum Gasteiger partial charge on any atom is -0.496 e. The Balaban J connectivity index is 2.64. The number of likely N-dealkylation sites (N-methyl/N-ethyl adjacent to an activating group) is 1. The van der Waals surface area contributed by atoms with Gasteiger partial charge in [0.2, 0.25) is 0 Å². The molecule has 1 rings (SSSR count). The molecule has 0 aromatic heterocycles. The third-order valence-electron chi connectivity index (χ3n) is 2.86. The van der Waals surface area contributed by atoms with Gasteiger partial charge >= 0.3 is 0 Å². The third kappa shape index (κ3) is 4.96. The second kappa shape index (κ2) is 8.51. The summed E-state index contributed by atoms with van der Waals surface area (Å²) in [4.78, 5) is 0. The lowest BCUT2D eigenvalue weighted by Crippen LogP contribution is -2.32. The van der Waals surface area contributed by atoms with Crippen LogP contribution >= 0.6 is 15.9 Å². The molecule has 18 heavy (non-hydrogen) atoms. The summed E-state index contributed by atoms with van der Waals surface area (Å²) in [7, 11) is 3.42. The van der Waals surface area contributed by atoms with Crippen LogP contribution in [0.2, 0.25) is 0 Å². The van der Waals surface area contributed by atoms with Crippen molar-refractivity contribution < 1.29 is 9.47 Å². The number of hydrogen-bond acceptors (Lipinski definition) is 3. The van der Waals surface area contributed by atoms with Gasteiger partial charge in [-0.3, -0.25) is 0 Å². The van der Waals surface area contributed by atoms with Gasteiger partial charge < -0.3 is 14.8 Å². The van der Waals surface area contributed by atoms with E-state index in [2.05, 4.69) is 40.3 Å². The van der Waals surface area contributed by atoms with Crippen LogP contribution in [0.3, 0.4) is 0 Å². The van der Waals surface area contributed by atoms with Crippen molar-refractivity contribution >= 4 is 15.9 Å². The van der Waals surface area contributed by atoms with E-state index in [9.17, 15) is 0 Å². The van der Waals surface area contributed by atoms with Crippen molar-refractivity contribution in [2.45, 2.75) is 25.8 Å². The summed E-state index contributed by atoms with van der Waals surface area (Å²) in [6.45, 7) is 3.89. The molecule has 0 saturated heterocycles. The zero-order valence-electron chi connectivity index (χ0n) is 11.3. The van der Waals surface area contributed by atoms with Crippen molar-refractivity contribution in [3.05, 3.63) is 28.2 Å². The molecule has 1 atom stereocenters. The molecule has 0 spiro atoms. The van der Waals surface area contributed by atoms with Crippen LogP contribution in [0, 0.1) is 0 Å². The SMILES string of the molecule is CCNC(CCOC)Cc1ccc(OC)c(Br)c1. The van der Waals surface area contributed by atoms with Gasteiger partial charge in [0.1, 0.15) is 5.75 Å². The molecule has 0 aliphatic heterocycles. The van der Waals surface area contributed by atoms with Gasteiger partial charge in [0.05, 0.1) is 11.6 Å². The number of nitrogens with one attached hydrogen (secondary N) is 1. The first kappa shape index (κ1) is 15.5. The largest absolute Gasteiger partial charge is 0.496 e. The average molecular weight is 316 g/mol. The van der Waals surface area contributed by atoms with Crippen LogP contribution in [0.1, 0.15) is 18.9 Å². The number of methoxy groups -OCH3 is 2. The van der Waals surface area contributed by atoms with Gasteiger partial charge in [-0.25, -0.2) is 0 Å². The monoisotopic (exact) mass is 315 g/mol. The van der Waals surface area contributed by atoms with Crippen molar-refractivity contribution in [3.63, 3.8) is 0 Å². The fourth-order valence-corrected chi connectivity index (χ4v) is 2.53. The van der Waals surface area contributed by atoms with Crippen molar-refractivity contribution in [1.29, 1.82) is 0 Å². The van der Waals surface area contributed by atoms with E-state index in [0.29, 0.717) is 6.04 Å². The Bertz CT molecular complexity index is 358. The van der Waals surface area contributed by atoms with Gasteiger partial charge in [0, 0.05) is 19.8 Å². The normalized spacial score (nSPS) is 12.4. The summed E-state index contributed by atoms with van der Waals surface area (Å²) >= 11 is 3.52. The van der Waals surface area contributed by atoms with Gasteiger partial charge in [-0.1, -0.05) is 13.0 Å². The Kier molecular flexibility index (Phi) is 7.32. The maximum absolute atomic E-state index is 5.23. The van der Waals surface area contributed by atoms with Crippen LogP contribution < -0.4 is 10.1 Å². The zero-order valence-corrected chi connectivity index (χ0v) is 12.9. The fourth-order valence-electron chi connectivity index (χ4n) is 1.95. The van der Waals surface area contributed by atoms with Crippen molar-refractivity contribution in [1.82, 2.24) is 5.32 Å². The van der Waals surface area contributed by atoms with Gasteiger partial charge in [0.25, 0.3) is 0 Å². The van der Waals surface area contributed by atoms with E-state index in [-0.39, 0.29) is 0 Å². The highest BCUT2D eigenvalue weighted by atomic mass is 79.9. The minimum atomic E-state index is 0.454. The highest BCUT2D eigenvalue weighted by Gasteiger charge is 2.09. The number of benzene rings is 1. The highest BCUT2D eigenvalue weighted by Crippen LogP contribution is 2.26. The first-order valence-electron chi connectivity index (χ1n) is 6.26. The van der Waals surface area contributed by atoms with Crippen LogP contribution in [-0.4, -0.2) is 33.4 Å². The van der Waals surface area contributed by atoms with Crippen LogP contribution in [0.4, 0.5) is 0 Å². The molecule has 0 bridgehead atoms. The summed E-state index contributed by atoms with van der Waals surface area (Å²) < 4.78 is 11.4. The van der Waals surface area contributed by atoms with Crippen molar-refractivity contribution in [2.24, 2.45) is 0 Å². The average Bonchev–Trinajstić information content (AvgIpc) is 2.36. The van der Waals surface area contributed by atoms with Gasteiger partial charge in [-0.05, 0) is 53.0 Å². The molecule has 4 heteroatoms. The number of ether oxygens (including phenoxy) is 2. The van der Waals surface area contributed by atoms with Gasteiger partial charge in [-0.15, -0.1) is 0 Å². The van der Waals surface area contributed by atoms with Gasteiger partial charge in [-0.2, -0.15) is 0 Å². The van der Waals surface area contributed by atoms with E-state index in [1.165, 1.54) is 5.56 Å². The lowest BCUT2D eigenvalue weighted by molar-refractivity contribution is 0.183. The van der Waals surface area contributed by atoms with E-state index >= 15 is 0 Å². The Morgan fingerprint density at radius 2 is 2.11 bits per heavy atom. The summed E-state index contributed by atoms with van der Waals surface area (Å²) in [5.41, 5.74) is 1.30. The smallest absolute Gasteiger partial charge is 0.133 e. The van der Waals surface area contributed by atoms with Crippen LogP contribution in [0.5, 0.6) is 5.75 Å². The maximum Gasteiger partial charge on any atom is 0.133 e. The molecule has 0 saturated carbocycles. The summed E-state index contributed by atoms with van der Waals surface area (Å²) in [5.74, 6) is 0.871. The topological polar surface area (TPSA) is 30.5 Å². The van der Waals surface area contributed by atoms with Crippen molar-refractivity contribution in [2.75, 3.05) is 27.4 Å². The Morgan fingerprint density at radius 1 is 1.33 bits per heavy atom. The molecular weight excluding hydrogens is 294 g/mol. The molecule has 1 N–H and O–H groups in total. The Hall–Kier alpha value is -0.580. The van der Waals surface area contributed by atoms with Crippen molar-refractivity contribution in [3.8, 4) is 5.75 Å². The van der Waals surface area contributed by atoms with E-state index in [1.54, 1.807) is 14.2 Å². The highest BCUT2D eigenvalue weighted by molar-refractivity contribution is 9.10. The summed E-state index contributed by atoms with van der Waals surface area (Å²) in [6.07, 6.45) is 2.02. The van der Waals surface area contributed by atoms with E-state index < -0.39 is 0 Å². The van der Waals surface area contributed by atoms with E-state index in [1.807, 2.05) is 6.07 Å². The molecule has 0 heterocycles. The summed E-state index contributed by atoms with van der Waals surface area (Å²) in [5, 5.41) is 3.49. The Morgan fingerprint density at radius 3 is 2.67 bits per heavy atom. The lowest BCUT2D eigenvalue weighted by Gasteiger charge is -2.18. The van der Waals surface area contributed by atoms with Gasteiger partial charge in [0.15, 0.2) is 0 Å². The minimum absolute atomic E-state index is 0.454. The van der Waals surface area contributed by atoms with Crippen LogP contribution in [0.15, 0.2) is 22.7 Å². The van der Waals surface area contributed by atoms with E-state index in [0.717, 1.165) is 36.2 Å². The molecular formula is C14H22BrNO2. The second-order valence-corrected chi connectivity index (χ2v) is 5.06. The lowest BCUT2D eigenvalue weighted by atomic mass is 10.0. The van der Waals surface area contributed by atoms with Crippen LogP contribution in [-0.2, 0) is 11.2 Å². The van der Waals surface area contributed by atoms with Crippen LogP contribution in [0.25, 0.3) is 0 Å². The molecule has 3 nitrogen and oxygen atoms in total. The molecule has 0 aliphatic rings. The number of halogens is 1. The molecule has 0 radical (unpaired) electrons. The zero-order chi connectivity index (χ0) is 13.4. The third-order valence-corrected chi connectivity index (χ3v) is 3.48. The maximum atomic E-state index is 5.23. The molecule has 0 amide bonds. The van der Waals surface area contributed by atoms with E-state index in [4.69, 9.17) is 9.47 Å². The first-order valence-corrected chi connectivity index (χ1v) is 7.05. The molecule has 1 aromatic carbocycles. The molecule has 1 unspecified atom stereocenters. The first-order chi connectivity index (χ1) is 8.71. The molecule has 0 fully saturated rings. The molecule has 0 aliphatic carbocycles. The predicted octanol–water partition coefficient (Wildman–Crippen LogP) is 3.01. The Labute approximate surface area is 118 Å². The predicted molar refractivity (Wildman–Crippen MR) is 78.4 cm³/mol. The summed E-state index contributed by atoms with van der Waals surface area (Å²) in [6, 6.07) is 6.69. The fraction of sp³-hybridized carbons (Fsp3) is 0.571. The number of rotatable bonds is 8. The number of hydrogen-bond donors (Lipinski definition) is 1. The molecule has 1 aromatic rings.